The second kappa shape index (κ2) is 14.8. The van der Waals surface area contributed by atoms with Crippen molar-refractivity contribution in [3.8, 4) is 11.1 Å². The van der Waals surface area contributed by atoms with E-state index in [0.717, 1.165) is 23.5 Å². The number of benzene rings is 7. The average Bonchev–Trinajstić information content (AvgIpc) is 3.11. The van der Waals surface area contributed by atoms with Crippen molar-refractivity contribution in [3.63, 3.8) is 0 Å². The molecule has 1 heteroatoms. The summed E-state index contributed by atoms with van der Waals surface area (Å²) in [6.45, 7) is 8.34. The molecule has 0 bridgehead atoms. The number of hydrogen-bond acceptors (Lipinski definition) is 1. The van der Waals surface area contributed by atoms with Gasteiger partial charge in [0.25, 0.3) is 0 Å². The number of aryl methyl sites for hydroxylation is 2. The first-order valence-electron chi connectivity index (χ1n) is 15.7. The average molecular weight is 572 g/mol. The first-order chi connectivity index (χ1) is 21.7. The van der Waals surface area contributed by atoms with E-state index in [9.17, 15) is 0 Å². The Bertz CT molecular complexity index is 1890. The number of nitrogens with zero attached hydrogens (tertiary/aromatic N) is 1. The number of hydrogen-bond donors (Lipinski definition) is 0. The Hall–Kier alpha value is -5.14. The van der Waals surface area contributed by atoms with Crippen LogP contribution in [-0.4, -0.2) is 0 Å². The minimum absolute atomic E-state index is 1.09. The zero-order valence-corrected chi connectivity index (χ0v) is 26.2. The lowest BCUT2D eigenvalue weighted by molar-refractivity contribution is 1.16. The third-order valence-electron chi connectivity index (χ3n) is 7.77. The van der Waals surface area contributed by atoms with Gasteiger partial charge < -0.3 is 4.90 Å². The lowest BCUT2D eigenvalue weighted by Crippen LogP contribution is -2.09. The summed E-state index contributed by atoms with van der Waals surface area (Å²) in [4.78, 5) is 2.29. The van der Waals surface area contributed by atoms with Gasteiger partial charge in [-0.15, -0.1) is 0 Å². The molecule has 7 rings (SSSR count). The van der Waals surface area contributed by atoms with Gasteiger partial charge in [-0.1, -0.05) is 154 Å². The first-order valence-corrected chi connectivity index (χ1v) is 15.7. The summed E-state index contributed by atoms with van der Waals surface area (Å²) in [7, 11) is 0. The van der Waals surface area contributed by atoms with Crippen molar-refractivity contribution < 1.29 is 0 Å². The van der Waals surface area contributed by atoms with Crippen LogP contribution in [0.25, 0.3) is 32.7 Å². The van der Waals surface area contributed by atoms with Crippen molar-refractivity contribution in [1.29, 1.82) is 0 Å². The van der Waals surface area contributed by atoms with Gasteiger partial charge in [0.05, 0.1) is 0 Å². The molecule has 0 radical (unpaired) electrons. The molecular weight excluding hydrogens is 530 g/mol. The van der Waals surface area contributed by atoms with Gasteiger partial charge in [-0.2, -0.15) is 0 Å². The van der Waals surface area contributed by atoms with Gasteiger partial charge in [0.15, 0.2) is 0 Å². The molecule has 1 nitrogen and oxygen atoms in total. The fraction of sp³-hybridized carbons (Fsp3) is 0.116. The van der Waals surface area contributed by atoms with Gasteiger partial charge in [-0.05, 0) is 88.0 Å². The molecule has 0 saturated heterocycles. The summed E-state index contributed by atoms with van der Waals surface area (Å²) >= 11 is 0. The molecule has 0 aromatic heterocycles. The van der Waals surface area contributed by atoms with Gasteiger partial charge in [-0.3, -0.25) is 0 Å². The van der Waals surface area contributed by atoms with Gasteiger partial charge >= 0.3 is 0 Å². The maximum absolute atomic E-state index is 2.32. The van der Waals surface area contributed by atoms with Gasteiger partial charge in [0.2, 0.25) is 0 Å². The lowest BCUT2D eigenvalue weighted by atomic mass is 9.96. The summed E-state index contributed by atoms with van der Waals surface area (Å²) in [5.41, 5.74) is 8.64. The molecule has 0 heterocycles. The third kappa shape index (κ3) is 6.90. The molecular formula is C43H41N. The SMILES string of the molecule is CC.CCc1cc2ccccc2c2ccccc12.Cc1ccc(N(c2ccccc2)c2ccc(-c3ccccc3)cc2)cc1. The number of anilines is 3. The predicted octanol–water partition coefficient (Wildman–Crippen LogP) is 12.7. The third-order valence-corrected chi connectivity index (χ3v) is 7.77. The van der Waals surface area contributed by atoms with Crippen LogP contribution >= 0.6 is 0 Å². The van der Waals surface area contributed by atoms with Crippen LogP contribution < -0.4 is 4.90 Å². The molecule has 0 aliphatic carbocycles. The van der Waals surface area contributed by atoms with E-state index in [1.807, 2.05) is 19.9 Å². The zero-order valence-electron chi connectivity index (χ0n) is 26.2. The predicted molar refractivity (Wildman–Crippen MR) is 193 cm³/mol. The van der Waals surface area contributed by atoms with Gasteiger partial charge in [0, 0.05) is 17.1 Å². The van der Waals surface area contributed by atoms with Crippen LogP contribution in [0.1, 0.15) is 31.9 Å². The molecule has 218 valence electrons. The van der Waals surface area contributed by atoms with E-state index in [1.54, 1.807) is 0 Å². The van der Waals surface area contributed by atoms with Crippen LogP contribution in [0.5, 0.6) is 0 Å². The van der Waals surface area contributed by atoms with Crippen molar-refractivity contribution in [3.05, 3.63) is 175 Å². The van der Waals surface area contributed by atoms with E-state index >= 15 is 0 Å². The van der Waals surface area contributed by atoms with Gasteiger partial charge in [0.1, 0.15) is 0 Å². The van der Waals surface area contributed by atoms with E-state index in [-0.39, 0.29) is 0 Å². The number of rotatable bonds is 5. The molecule has 44 heavy (non-hydrogen) atoms. The fourth-order valence-electron chi connectivity index (χ4n) is 5.58. The van der Waals surface area contributed by atoms with E-state index < -0.39 is 0 Å². The maximum Gasteiger partial charge on any atom is 0.0462 e. The normalized spacial score (nSPS) is 10.4. The highest BCUT2D eigenvalue weighted by Crippen LogP contribution is 2.35. The summed E-state index contributed by atoms with van der Waals surface area (Å²) < 4.78 is 0. The Morgan fingerprint density at radius 3 is 1.50 bits per heavy atom. The largest absolute Gasteiger partial charge is 0.311 e. The second-order valence-corrected chi connectivity index (χ2v) is 10.6. The summed E-state index contributed by atoms with van der Waals surface area (Å²) in [5, 5.41) is 5.47. The van der Waals surface area contributed by atoms with Crippen LogP contribution in [0.3, 0.4) is 0 Å². The number of fused-ring (bicyclic) bond motifs is 3. The summed E-state index contributed by atoms with van der Waals surface area (Å²) in [6, 6.07) is 58.0. The van der Waals surface area contributed by atoms with E-state index in [0.29, 0.717) is 0 Å². The number of para-hydroxylation sites is 1. The molecule has 0 fully saturated rings. The molecule has 0 N–H and O–H groups in total. The highest BCUT2D eigenvalue weighted by Gasteiger charge is 2.12. The quantitative estimate of drug-likeness (QED) is 0.186. The first kappa shape index (κ1) is 30.3. The van der Waals surface area contributed by atoms with E-state index in [4.69, 9.17) is 0 Å². The van der Waals surface area contributed by atoms with Crippen molar-refractivity contribution in [1.82, 2.24) is 0 Å². The molecule has 0 aliphatic heterocycles. The van der Waals surface area contributed by atoms with Crippen molar-refractivity contribution >= 4 is 38.6 Å². The monoisotopic (exact) mass is 571 g/mol. The minimum Gasteiger partial charge on any atom is -0.311 e. The molecule has 0 unspecified atom stereocenters. The zero-order chi connectivity index (χ0) is 30.7. The standard InChI is InChI=1S/C25H21N.C16H14.C2H6/c1-20-12-16-24(17-13-20)26(23-10-6-3-7-11-23)25-18-14-22(15-19-25)21-8-4-2-5-9-21;1-2-12-11-13-7-3-4-9-15(13)16-10-6-5-8-14(12)16;1-2/h2-19H,1H3;3-11H,2H2,1H3;1-2H3. The maximum atomic E-state index is 2.32. The van der Waals surface area contributed by atoms with Crippen LogP contribution in [0.15, 0.2) is 164 Å². The Kier molecular flexibility index (Phi) is 10.2. The Morgan fingerprint density at radius 2 is 0.886 bits per heavy atom. The topological polar surface area (TPSA) is 3.24 Å². The van der Waals surface area contributed by atoms with E-state index in [2.05, 4.69) is 176 Å². The molecule has 0 amide bonds. The fourth-order valence-corrected chi connectivity index (χ4v) is 5.58. The second-order valence-electron chi connectivity index (χ2n) is 10.6. The van der Waals surface area contributed by atoms with Crippen LogP contribution in [-0.2, 0) is 6.42 Å². The van der Waals surface area contributed by atoms with E-state index in [1.165, 1.54) is 43.8 Å². The Labute approximate surface area is 263 Å². The van der Waals surface area contributed by atoms with Crippen molar-refractivity contribution in [2.75, 3.05) is 4.90 Å². The Balaban J connectivity index is 0.000000182. The summed E-state index contributed by atoms with van der Waals surface area (Å²) in [6.07, 6.45) is 1.09. The molecule has 7 aromatic carbocycles. The lowest BCUT2D eigenvalue weighted by Gasteiger charge is -2.25. The highest BCUT2D eigenvalue weighted by atomic mass is 15.1. The smallest absolute Gasteiger partial charge is 0.0462 e. The van der Waals surface area contributed by atoms with Crippen LogP contribution in [0.2, 0.25) is 0 Å². The molecule has 0 spiro atoms. The molecule has 0 atom stereocenters. The van der Waals surface area contributed by atoms with Crippen molar-refractivity contribution in [2.24, 2.45) is 0 Å². The molecule has 7 aromatic rings. The minimum atomic E-state index is 1.09. The molecule has 0 saturated carbocycles. The Morgan fingerprint density at radius 1 is 0.432 bits per heavy atom. The highest BCUT2D eigenvalue weighted by molar-refractivity contribution is 6.08. The molecule has 0 aliphatic rings. The van der Waals surface area contributed by atoms with Gasteiger partial charge in [-0.25, -0.2) is 0 Å². The van der Waals surface area contributed by atoms with Crippen molar-refractivity contribution in [2.45, 2.75) is 34.1 Å². The summed E-state index contributed by atoms with van der Waals surface area (Å²) in [5.74, 6) is 0. The van der Waals surface area contributed by atoms with Crippen LogP contribution in [0, 0.1) is 6.92 Å². The van der Waals surface area contributed by atoms with Crippen LogP contribution in [0.4, 0.5) is 17.1 Å².